The number of rotatable bonds is 3. The first-order chi connectivity index (χ1) is 8.88. The summed E-state index contributed by atoms with van der Waals surface area (Å²) < 4.78 is 0. The molecular formula is C18H32. The highest BCUT2D eigenvalue weighted by Crippen LogP contribution is 2.52. The Bertz CT molecular complexity index is 257. The summed E-state index contributed by atoms with van der Waals surface area (Å²) in [5, 5.41) is 0. The fourth-order valence-corrected chi connectivity index (χ4v) is 5.62. The van der Waals surface area contributed by atoms with Crippen LogP contribution in [0.4, 0.5) is 0 Å². The highest BCUT2D eigenvalue weighted by molar-refractivity contribution is 4.92. The van der Waals surface area contributed by atoms with Gasteiger partial charge in [0.05, 0.1) is 0 Å². The maximum absolute atomic E-state index is 2.35. The zero-order valence-corrected chi connectivity index (χ0v) is 12.4. The third-order valence-electron chi connectivity index (χ3n) is 6.54. The van der Waals surface area contributed by atoms with Gasteiger partial charge in [-0.25, -0.2) is 0 Å². The van der Waals surface area contributed by atoms with Crippen molar-refractivity contribution in [2.45, 2.75) is 84.0 Å². The molecule has 104 valence electrons. The molecule has 0 aromatic heterocycles. The van der Waals surface area contributed by atoms with Gasteiger partial charge in [0, 0.05) is 0 Å². The topological polar surface area (TPSA) is 0 Å². The van der Waals surface area contributed by atoms with Gasteiger partial charge in [-0.1, -0.05) is 51.9 Å². The van der Waals surface area contributed by atoms with Gasteiger partial charge in [-0.3, -0.25) is 0 Å². The normalized spacial score (nSPS) is 44.2. The van der Waals surface area contributed by atoms with E-state index >= 15 is 0 Å². The van der Waals surface area contributed by atoms with E-state index in [0.717, 1.165) is 29.6 Å². The summed E-state index contributed by atoms with van der Waals surface area (Å²) in [6.45, 7) is 2.35. The molecule has 3 fully saturated rings. The van der Waals surface area contributed by atoms with E-state index in [1.807, 2.05) is 0 Å². The third kappa shape index (κ3) is 2.63. The van der Waals surface area contributed by atoms with E-state index in [-0.39, 0.29) is 0 Å². The van der Waals surface area contributed by atoms with Crippen LogP contribution in [0.5, 0.6) is 0 Å². The molecule has 0 bridgehead atoms. The number of hydrogen-bond acceptors (Lipinski definition) is 0. The molecule has 0 spiro atoms. The molecule has 0 saturated heterocycles. The van der Waals surface area contributed by atoms with Gasteiger partial charge in [0.1, 0.15) is 0 Å². The van der Waals surface area contributed by atoms with Crippen molar-refractivity contribution in [1.82, 2.24) is 0 Å². The van der Waals surface area contributed by atoms with Gasteiger partial charge in [0.2, 0.25) is 0 Å². The minimum atomic E-state index is 1.10. The highest BCUT2D eigenvalue weighted by Gasteiger charge is 2.42. The second kappa shape index (κ2) is 5.97. The molecule has 0 aromatic rings. The third-order valence-corrected chi connectivity index (χ3v) is 6.54. The average Bonchev–Trinajstić information content (AvgIpc) is 2.44. The summed E-state index contributed by atoms with van der Waals surface area (Å²) in [5.74, 6) is 5.70. The number of hydrogen-bond donors (Lipinski definition) is 0. The molecule has 0 radical (unpaired) electrons. The van der Waals surface area contributed by atoms with Crippen molar-refractivity contribution in [3.63, 3.8) is 0 Å². The smallest absolute Gasteiger partial charge is 0.0355 e. The minimum Gasteiger partial charge on any atom is -0.0654 e. The Labute approximate surface area is 114 Å². The van der Waals surface area contributed by atoms with E-state index in [9.17, 15) is 0 Å². The molecule has 0 aromatic carbocycles. The lowest BCUT2D eigenvalue weighted by atomic mass is 9.56. The first-order valence-corrected chi connectivity index (χ1v) is 8.88. The van der Waals surface area contributed by atoms with E-state index < -0.39 is 0 Å². The van der Waals surface area contributed by atoms with E-state index in [0.29, 0.717) is 0 Å². The molecule has 3 aliphatic rings. The Morgan fingerprint density at radius 1 is 0.778 bits per heavy atom. The maximum Gasteiger partial charge on any atom is -0.0355 e. The van der Waals surface area contributed by atoms with Crippen LogP contribution in [0.15, 0.2) is 0 Å². The SMILES string of the molecule is CCCCC1CCC2C(CCC3CCCCC32)C1. The summed E-state index contributed by atoms with van der Waals surface area (Å²) in [5.41, 5.74) is 0. The second-order valence-corrected chi connectivity index (χ2v) is 7.53. The van der Waals surface area contributed by atoms with Crippen LogP contribution < -0.4 is 0 Å². The van der Waals surface area contributed by atoms with Crippen LogP contribution in [0.3, 0.4) is 0 Å². The van der Waals surface area contributed by atoms with Crippen molar-refractivity contribution in [3.8, 4) is 0 Å². The maximum atomic E-state index is 2.35. The molecule has 5 atom stereocenters. The van der Waals surface area contributed by atoms with E-state index in [1.54, 1.807) is 51.4 Å². The van der Waals surface area contributed by atoms with Crippen LogP contribution in [0.2, 0.25) is 0 Å². The molecule has 0 N–H and O–H groups in total. The Morgan fingerprint density at radius 3 is 2.44 bits per heavy atom. The summed E-state index contributed by atoms with van der Waals surface area (Å²) in [7, 11) is 0. The van der Waals surface area contributed by atoms with Gasteiger partial charge in [-0.2, -0.15) is 0 Å². The average molecular weight is 248 g/mol. The molecule has 0 aliphatic heterocycles. The second-order valence-electron chi connectivity index (χ2n) is 7.53. The van der Waals surface area contributed by atoms with Crippen LogP contribution in [-0.4, -0.2) is 0 Å². The Balaban J connectivity index is 1.58. The molecular weight excluding hydrogens is 216 g/mol. The molecule has 3 rings (SSSR count). The van der Waals surface area contributed by atoms with Crippen molar-refractivity contribution < 1.29 is 0 Å². The zero-order valence-electron chi connectivity index (χ0n) is 12.4. The van der Waals surface area contributed by atoms with E-state index in [1.165, 1.54) is 25.7 Å². The fraction of sp³-hybridized carbons (Fsp3) is 1.00. The van der Waals surface area contributed by atoms with Crippen molar-refractivity contribution in [2.24, 2.45) is 29.6 Å². The van der Waals surface area contributed by atoms with Crippen LogP contribution in [-0.2, 0) is 0 Å². The van der Waals surface area contributed by atoms with Gasteiger partial charge in [-0.15, -0.1) is 0 Å². The van der Waals surface area contributed by atoms with E-state index in [2.05, 4.69) is 6.92 Å². The molecule has 3 saturated carbocycles. The summed E-state index contributed by atoms with van der Waals surface area (Å²) >= 11 is 0. The van der Waals surface area contributed by atoms with Gasteiger partial charge in [0.15, 0.2) is 0 Å². The van der Waals surface area contributed by atoms with Gasteiger partial charge >= 0.3 is 0 Å². The molecule has 5 unspecified atom stereocenters. The number of fused-ring (bicyclic) bond motifs is 3. The number of unbranched alkanes of at least 4 members (excludes halogenated alkanes) is 1. The predicted molar refractivity (Wildman–Crippen MR) is 78.5 cm³/mol. The summed E-state index contributed by atoms with van der Waals surface area (Å²) in [6, 6.07) is 0. The fourth-order valence-electron chi connectivity index (χ4n) is 5.62. The largest absolute Gasteiger partial charge is 0.0654 e. The van der Waals surface area contributed by atoms with Crippen LogP contribution in [0.25, 0.3) is 0 Å². The Kier molecular flexibility index (Phi) is 4.31. The van der Waals surface area contributed by atoms with Crippen molar-refractivity contribution in [3.05, 3.63) is 0 Å². The zero-order chi connectivity index (χ0) is 12.4. The molecule has 0 heterocycles. The first kappa shape index (κ1) is 13.0. The van der Waals surface area contributed by atoms with Crippen molar-refractivity contribution in [2.75, 3.05) is 0 Å². The van der Waals surface area contributed by atoms with E-state index in [4.69, 9.17) is 0 Å². The molecule has 18 heavy (non-hydrogen) atoms. The Hall–Kier alpha value is 0. The van der Waals surface area contributed by atoms with Gasteiger partial charge in [0.25, 0.3) is 0 Å². The predicted octanol–water partition coefficient (Wildman–Crippen LogP) is 5.81. The van der Waals surface area contributed by atoms with Crippen molar-refractivity contribution in [1.29, 1.82) is 0 Å². The lowest BCUT2D eigenvalue weighted by Crippen LogP contribution is -2.40. The molecule has 3 aliphatic carbocycles. The van der Waals surface area contributed by atoms with Gasteiger partial charge < -0.3 is 0 Å². The standard InChI is InChI=1S/C18H32/c1-2-3-6-14-9-12-18-16(13-14)11-10-15-7-4-5-8-17(15)18/h14-18H,2-13H2,1H3. The molecule has 0 amide bonds. The van der Waals surface area contributed by atoms with Crippen LogP contribution in [0, 0.1) is 29.6 Å². The lowest BCUT2D eigenvalue weighted by Gasteiger charge is -2.49. The summed E-state index contributed by atoms with van der Waals surface area (Å²) in [6.07, 6.45) is 18.6. The van der Waals surface area contributed by atoms with Gasteiger partial charge in [-0.05, 0) is 61.7 Å². The quantitative estimate of drug-likeness (QED) is 0.591. The summed E-state index contributed by atoms with van der Waals surface area (Å²) in [4.78, 5) is 0. The van der Waals surface area contributed by atoms with Crippen molar-refractivity contribution >= 4 is 0 Å². The van der Waals surface area contributed by atoms with Crippen LogP contribution in [0.1, 0.15) is 84.0 Å². The monoisotopic (exact) mass is 248 g/mol. The highest BCUT2D eigenvalue weighted by atomic mass is 14.5. The lowest BCUT2D eigenvalue weighted by molar-refractivity contribution is 0.0101. The minimum absolute atomic E-state index is 1.10. The molecule has 0 heteroatoms. The molecule has 0 nitrogen and oxygen atoms in total. The first-order valence-electron chi connectivity index (χ1n) is 8.88. The van der Waals surface area contributed by atoms with Crippen LogP contribution >= 0.6 is 0 Å². The Morgan fingerprint density at radius 2 is 1.56 bits per heavy atom.